The minimum atomic E-state index is 0.0808. The van der Waals surface area contributed by atoms with E-state index in [0.29, 0.717) is 30.5 Å². The molecule has 1 unspecified atom stereocenters. The summed E-state index contributed by atoms with van der Waals surface area (Å²) in [4.78, 5) is 14.6. The summed E-state index contributed by atoms with van der Waals surface area (Å²) in [5, 5.41) is 16.3. The SMILES string of the molecule is Cc1noc(C)c1CC(=O)N1CCCC(c2nnc(-c3ccsc3)o2)C1. The lowest BCUT2D eigenvalue weighted by Crippen LogP contribution is -2.40. The van der Waals surface area contributed by atoms with Gasteiger partial charge in [-0.2, -0.15) is 11.3 Å². The van der Waals surface area contributed by atoms with Crippen LogP contribution < -0.4 is 0 Å². The zero-order chi connectivity index (χ0) is 18.1. The molecule has 4 heterocycles. The average molecular weight is 372 g/mol. The fourth-order valence-corrected chi connectivity index (χ4v) is 3.95. The van der Waals surface area contributed by atoms with Crippen molar-refractivity contribution in [3.05, 3.63) is 39.7 Å². The minimum Gasteiger partial charge on any atom is -0.420 e. The summed E-state index contributed by atoms with van der Waals surface area (Å²) in [7, 11) is 0. The first-order chi connectivity index (χ1) is 12.6. The van der Waals surface area contributed by atoms with Gasteiger partial charge in [-0.25, -0.2) is 0 Å². The maximum atomic E-state index is 12.7. The van der Waals surface area contributed by atoms with Crippen molar-refractivity contribution in [2.75, 3.05) is 13.1 Å². The van der Waals surface area contributed by atoms with Crippen molar-refractivity contribution < 1.29 is 13.7 Å². The van der Waals surface area contributed by atoms with Gasteiger partial charge in [0.15, 0.2) is 0 Å². The van der Waals surface area contributed by atoms with Gasteiger partial charge in [-0.15, -0.1) is 10.2 Å². The number of thiophene rings is 1. The van der Waals surface area contributed by atoms with Crippen molar-refractivity contribution in [3.63, 3.8) is 0 Å². The highest BCUT2D eigenvalue weighted by molar-refractivity contribution is 7.08. The molecule has 1 atom stereocenters. The number of carbonyl (C=O) groups excluding carboxylic acids is 1. The molecule has 3 aromatic heterocycles. The van der Waals surface area contributed by atoms with E-state index >= 15 is 0 Å². The van der Waals surface area contributed by atoms with Crippen LogP contribution in [0.1, 0.15) is 41.7 Å². The van der Waals surface area contributed by atoms with Crippen LogP contribution in [0.15, 0.2) is 25.8 Å². The standard InChI is InChI=1S/C18H20N4O3S/c1-11-15(12(2)25-21-11)8-16(23)22-6-3-4-13(9-22)17-19-20-18(24-17)14-5-7-26-10-14/h5,7,10,13H,3-4,6,8-9H2,1-2H3. The molecule has 0 N–H and O–H groups in total. The molecule has 8 heteroatoms. The van der Waals surface area contributed by atoms with E-state index < -0.39 is 0 Å². The molecule has 4 rings (SSSR count). The number of aromatic nitrogens is 3. The molecular formula is C18H20N4O3S. The summed E-state index contributed by atoms with van der Waals surface area (Å²) < 4.78 is 11.0. The number of hydrogen-bond donors (Lipinski definition) is 0. The summed E-state index contributed by atoms with van der Waals surface area (Å²) in [5.41, 5.74) is 2.60. The third-order valence-electron chi connectivity index (χ3n) is 4.84. The number of likely N-dealkylation sites (tertiary alicyclic amines) is 1. The van der Waals surface area contributed by atoms with Gasteiger partial charge in [0.05, 0.1) is 18.0 Å². The van der Waals surface area contributed by atoms with E-state index in [9.17, 15) is 4.79 Å². The lowest BCUT2D eigenvalue weighted by atomic mass is 9.97. The summed E-state index contributed by atoms with van der Waals surface area (Å²) >= 11 is 1.59. The Bertz CT molecular complexity index is 880. The van der Waals surface area contributed by atoms with Gasteiger partial charge in [-0.3, -0.25) is 4.79 Å². The number of carbonyl (C=O) groups is 1. The van der Waals surface area contributed by atoms with Crippen molar-refractivity contribution in [1.29, 1.82) is 0 Å². The van der Waals surface area contributed by atoms with Crippen LogP contribution in [0, 0.1) is 13.8 Å². The first kappa shape index (κ1) is 17.0. The van der Waals surface area contributed by atoms with Gasteiger partial charge < -0.3 is 13.8 Å². The van der Waals surface area contributed by atoms with Gasteiger partial charge in [-0.1, -0.05) is 5.16 Å². The number of piperidine rings is 1. The van der Waals surface area contributed by atoms with Crippen molar-refractivity contribution >= 4 is 17.2 Å². The largest absolute Gasteiger partial charge is 0.420 e. The maximum Gasteiger partial charge on any atom is 0.248 e. The highest BCUT2D eigenvalue weighted by Gasteiger charge is 2.29. The van der Waals surface area contributed by atoms with Crippen LogP contribution in [0.5, 0.6) is 0 Å². The molecule has 0 aromatic carbocycles. The molecule has 1 amide bonds. The molecule has 0 spiro atoms. The highest BCUT2D eigenvalue weighted by Crippen LogP contribution is 2.29. The molecule has 3 aromatic rings. The Morgan fingerprint density at radius 2 is 2.27 bits per heavy atom. The topological polar surface area (TPSA) is 85.3 Å². The normalized spacial score (nSPS) is 17.6. The van der Waals surface area contributed by atoms with Crippen LogP contribution >= 0.6 is 11.3 Å². The monoisotopic (exact) mass is 372 g/mol. The zero-order valence-electron chi connectivity index (χ0n) is 14.8. The zero-order valence-corrected chi connectivity index (χ0v) is 15.6. The number of aryl methyl sites for hydroxylation is 2. The predicted molar refractivity (Wildman–Crippen MR) is 95.8 cm³/mol. The molecule has 7 nitrogen and oxygen atoms in total. The van der Waals surface area contributed by atoms with E-state index in [0.717, 1.165) is 36.2 Å². The molecular weight excluding hydrogens is 352 g/mol. The number of hydrogen-bond acceptors (Lipinski definition) is 7. The van der Waals surface area contributed by atoms with Crippen LogP contribution in [0.3, 0.4) is 0 Å². The molecule has 1 aliphatic heterocycles. The maximum absolute atomic E-state index is 12.7. The lowest BCUT2D eigenvalue weighted by Gasteiger charge is -2.31. The predicted octanol–water partition coefficient (Wildman–Crippen LogP) is 3.35. The molecule has 0 aliphatic carbocycles. The molecule has 1 fully saturated rings. The third-order valence-corrected chi connectivity index (χ3v) is 5.52. The van der Waals surface area contributed by atoms with Gasteiger partial charge >= 0.3 is 0 Å². The summed E-state index contributed by atoms with van der Waals surface area (Å²) in [5.74, 6) is 2.03. The van der Waals surface area contributed by atoms with Crippen molar-refractivity contribution in [2.45, 2.75) is 39.0 Å². The van der Waals surface area contributed by atoms with E-state index in [2.05, 4.69) is 15.4 Å². The minimum absolute atomic E-state index is 0.0808. The van der Waals surface area contributed by atoms with E-state index in [1.165, 1.54) is 0 Å². The first-order valence-corrected chi connectivity index (χ1v) is 9.61. The summed E-state index contributed by atoms with van der Waals surface area (Å²) in [6.07, 6.45) is 2.19. The van der Waals surface area contributed by atoms with E-state index in [-0.39, 0.29) is 11.8 Å². The second kappa shape index (κ2) is 7.03. The fraction of sp³-hybridized carbons (Fsp3) is 0.444. The fourth-order valence-electron chi connectivity index (χ4n) is 3.32. The Morgan fingerprint density at radius 1 is 1.38 bits per heavy atom. The lowest BCUT2D eigenvalue weighted by molar-refractivity contribution is -0.131. The smallest absolute Gasteiger partial charge is 0.248 e. The van der Waals surface area contributed by atoms with Crippen LogP contribution in [-0.2, 0) is 11.2 Å². The van der Waals surface area contributed by atoms with Crippen LogP contribution in [-0.4, -0.2) is 39.3 Å². The van der Waals surface area contributed by atoms with E-state index in [1.807, 2.05) is 35.6 Å². The van der Waals surface area contributed by atoms with Crippen LogP contribution in [0.2, 0.25) is 0 Å². The van der Waals surface area contributed by atoms with Gasteiger partial charge in [-0.05, 0) is 38.1 Å². The molecule has 0 bridgehead atoms. The summed E-state index contributed by atoms with van der Waals surface area (Å²) in [6, 6.07) is 1.96. The van der Waals surface area contributed by atoms with Crippen LogP contribution in [0.4, 0.5) is 0 Å². The average Bonchev–Trinajstić information content (AvgIpc) is 3.39. The molecule has 136 valence electrons. The van der Waals surface area contributed by atoms with Gasteiger partial charge in [0.2, 0.25) is 17.7 Å². The number of amides is 1. The van der Waals surface area contributed by atoms with Crippen LogP contribution in [0.25, 0.3) is 11.5 Å². The van der Waals surface area contributed by atoms with Crippen molar-refractivity contribution in [1.82, 2.24) is 20.3 Å². The molecule has 0 saturated carbocycles. The number of rotatable bonds is 4. The highest BCUT2D eigenvalue weighted by atomic mass is 32.1. The van der Waals surface area contributed by atoms with E-state index in [4.69, 9.17) is 8.94 Å². The molecule has 26 heavy (non-hydrogen) atoms. The molecule has 1 aliphatic rings. The Morgan fingerprint density at radius 3 is 3.00 bits per heavy atom. The van der Waals surface area contributed by atoms with Gasteiger partial charge in [0, 0.05) is 29.6 Å². The molecule has 0 radical (unpaired) electrons. The Kier molecular flexibility index (Phi) is 4.58. The second-order valence-corrected chi connectivity index (χ2v) is 7.40. The van der Waals surface area contributed by atoms with Crippen molar-refractivity contribution in [2.24, 2.45) is 0 Å². The quantitative estimate of drug-likeness (QED) is 0.698. The Hall–Kier alpha value is -2.48. The van der Waals surface area contributed by atoms with Gasteiger partial charge in [0.25, 0.3) is 0 Å². The van der Waals surface area contributed by atoms with Crippen molar-refractivity contribution in [3.8, 4) is 11.5 Å². The van der Waals surface area contributed by atoms with Gasteiger partial charge in [0.1, 0.15) is 5.76 Å². The molecule has 1 saturated heterocycles. The first-order valence-electron chi connectivity index (χ1n) is 8.67. The second-order valence-electron chi connectivity index (χ2n) is 6.62. The van der Waals surface area contributed by atoms with E-state index in [1.54, 1.807) is 11.3 Å². The number of nitrogens with zero attached hydrogens (tertiary/aromatic N) is 4. The Labute approximate surface area is 155 Å². The third kappa shape index (κ3) is 3.29. The summed E-state index contributed by atoms with van der Waals surface area (Å²) in [6.45, 7) is 5.06. The Balaban J connectivity index is 1.45.